The fourth-order valence-electron chi connectivity index (χ4n) is 3.43. The van der Waals surface area contributed by atoms with Crippen molar-refractivity contribution in [3.63, 3.8) is 0 Å². The average Bonchev–Trinajstić information content (AvgIpc) is 2.76. The third kappa shape index (κ3) is 6.39. The van der Waals surface area contributed by atoms with E-state index in [-0.39, 0.29) is 11.8 Å². The Morgan fingerprint density at radius 3 is 2.04 bits per heavy atom. The van der Waals surface area contributed by atoms with Gasteiger partial charge in [-0.25, -0.2) is 0 Å². The number of para-hydroxylation sites is 1. The number of nitrogens with zero attached hydrogens (tertiary/aromatic N) is 1. The van der Waals surface area contributed by atoms with E-state index in [1.165, 1.54) is 10.6 Å². The minimum Gasteiger partial charge on any atom is -0.360 e. The third-order valence-electron chi connectivity index (χ3n) is 5.12. The Bertz CT molecular complexity index is 744. The van der Waals surface area contributed by atoms with E-state index in [4.69, 9.17) is 0 Å². The normalized spacial score (nSPS) is 14.5. The van der Waals surface area contributed by atoms with Crippen molar-refractivity contribution in [2.75, 3.05) is 37.6 Å². The van der Waals surface area contributed by atoms with Crippen LogP contribution in [0.4, 0.5) is 5.69 Å². The molecular formula is C22H29N4O2+. The van der Waals surface area contributed by atoms with Crippen LogP contribution in [-0.4, -0.2) is 44.5 Å². The van der Waals surface area contributed by atoms with Gasteiger partial charge in [-0.1, -0.05) is 48.5 Å². The number of amides is 2. The number of hydrogen-bond acceptors (Lipinski definition) is 3. The molecule has 0 aromatic heterocycles. The Morgan fingerprint density at radius 2 is 1.39 bits per heavy atom. The predicted molar refractivity (Wildman–Crippen MR) is 110 cm³/mol. The minimum atomic E-state index is -0.166. The number of nitrogens with one attached hydrogen (secondary N) is 3. The number of anilines is 1. The molecule has 0 spiro atoms. The van der Waals surface area contributed by atoms with Crippen molar-refractivity contribution in [3.8, 4) is 0 Å². The van der Waals surface area contributed by atoms with E-state index in [1.807, 2.05) is 36.4 Å². The molecule has 148 valence electrons. The summed E-state index contributed by atoms with van der Waals surface area (Å²) in [5.41, 5.74) is 7.42. The van der Waals surface area contributed by atoms with Gasteiger partial charge in [0.1, 0.15) is 0 Å². The Labute approximate surface area is 166 Å². The van der Waals surface area contributed by atoms with E-state index in [2.05, 4.69) is 40.0 Å². The van der Waals surface area contributed by atoms with Gasteiger partial charge in [0.15, 0.2) is 0 Å². The van der Waals surface area contributed by atoms with E-state index in [0.29, 0.717) is 19.3 Å². The molecule has 1 fully saturated rings. The van der Waals surface area contributed by atoms with Gasteiger partial charge < -0.3 is 9.80 Å². The van der Waals surface area contributed by atoms with Gasteiger partial charge in [0.25, 0.3) is 0 Å². The van der Waals surface area contributed by atoms with Crippen LogP contribution in [0.2, 0.25) is 0 Å². The number of rotatable bonds is 7. The Hall–Kier alpha value is -2.86. The Balaban J connectivity index is 1.28. The second-order valence-corrected chi connectivity index (χ2v) is 7.15. The molecule has 2 amide bonds. The molecule has 2 aromatic rings. The number of carbonyl (C=O) groups is 2. The van der Waals surface area contributed by atoms with Crippen LogP contribution in [0.1, 0.15) is 18.4 Å². The van der Waals surface area contributed by atoms with Crippen molar-refractivity contribution in [2.24, 2.45) is 0 Å². The van der Waals surface area contributed by atoms with E-state index < -0.39 is 0 Å². The minimum absolute atomic E-state index is 0.133. The molecule has 0 radical (unpaired) electrons. The van der Waals surface area contributed by atoms with Crippen molar-refractivity contribution < 1.29 is 14.5 Å². The number of benzene rings is 2. The van der Waals surface area contributed by atoms with Crippen LogP contribution in [0.15, 0.2) is 60.7 Å². The highest BCUT2D eigenvalue weighted by Crippen LogP contribution is 2.12. The molecule has 1 saturated heterocycles. The van der Waals surface area contributed by atoms with Gasteiger partial charge in [-0.15, -0.1) is 0 Å². The Kier molecular flexibility index (Phi) is 7.44. The van der Waals surface area contributed by atoms with E-state index in [1.54, 1.807) is 0 Å². The fraction of sp³-hybridized carbons (Fsp3) is 0.364. The summed E-state index contributed by atoms with van der Waals surface area (Å²) in [5.74, 6) is -0.299. The number of hydrogen-bond donors (Lipinski definition) is 3. The van der Waals surface area contributed by atoms with Gasteiger partial charge >= 0.3 is 0 Å². The van der Waals surface area contributed by atoms with E-state index in [0.717, 1.165) is 38.3 Å². The molecular weight excluding hydrogens is 352 g/mol. The van der Waals surface area contributed by atoms with Gasteiger partial charge in [0.05, 0.1) is 39.1 Å². The second-order valence-electron chi connectivity index (χ2n) is 7.15. The van der Waals surface area contributed by atoms with Crippen LogP contribution < -0.4 is 20.7 Å². The van der Waals surface area contributed by atoms with Gasteiger partial charge in [0.2, 0.25) is 11.8 Å². The summed E-state index contributed by atoms with van der Waals surface area (Å²) >= 11 is 0. The number of hydrazine groups is 1. The molecule has 0 unspecified atom stereocenters. The highest BCUT2D eigenvalue weighted by atomic mass is 16.2. The lowest BCUT2D eigenvalue weighted by Crippen LogP contribution is -3.15. The maximum absolute atomic E-state index is 12.0. The van der Waals surface area contributed by atoms with Gasteiger partial charge in [0, 0.05) is 12.1 Å². The molecule has 0 aliphatic carbocycles. The monoisotopic (exact) mass is 381 g/mol. The molecule has 1 aliphatic heterocycles. The lowest BCUT2D eigenvalue weighted by molar-refractivity contribution is -0.900. The van der Waals surface area contributed by atoms with Crippen molar-refractivity contribution >= 4 is 17.5 Å². The Morgan fingerprint density at radius 1 is 0.821 bits per heavy atom. The van der Waals surface area contributed by atoms with E-state index in [9.17, 15) is 9.59 Å². The van der Waals surface area contributed by atoms with Gasteiger partial charge in [-0.05, 0) is 24.1 Å². The standard InChI is InChI=1S/C22H28N4O2/c27-21(12-11-19-7-3-1-4-8-19)23-24-22(28)13-14-25-15-17-26(18-16-25)20-9-5-2-6-10-20/h1-10H,11-18H2,(H,23,27)(H,24,28)/p+1. The predicted octanol–water partition coefficient (Wildman–Crippen LogP) is 0.562. The van der Waals surface area contributed by atoms with Crippen molar-refractivity contribution in [2.45, 2.75) is 19.3 Å². The van der Waals surface area contributed by atoms with Crippen molar-refractivity contribution in [3.05, 3.63) is 66.2 Å². The summed E-state index contributed by atoms with van der Waals surface area (Å²) in [6.07, 6.45) is 1.44. The lowest BCUT2D eigenvalue weighted by atomic mass is 10.1. The number of quaternary nitrogens is 1. The summed E-state index contributed by atoms with van der Waals surface area (Å²) in [6.45, 7) is 4.82. The quantitative estimate of drug-likeness (QED) is 0.614. The first-order valence-corrected chi connectivity index (χ1v) is 9.96. The maximum Gasteiger partial charge on any atom is 0.244 e. The van der Waals surface area contributed by atoms with Crippen LogP contribution in [0.3, 0.4) is 0 Å². The smallest absolute Gasteiger partial charge is 0.244 e. The molecule has 6 heteroatoms. The number of carbonyl (C=O) groups excluding carboxylic acids is 2. The lowest BCUT2D eigenvalue weighted by Gasteiger charge is -2.33. The molecule has 0 atom stereocenters. The molecule has 6 nitrogen and oxygen atoms in total. The van der Waals surface area contributed by atoms with Crippen LogP contribution in [0, 0.1) is 0 Å². The molecule has 28 heavy (non-hydrogen) atoms. The summed E-state index contributed by atoms with van der Waals surface area (Å²) in [7, 11) is 0. The fourth-order valence-corrected chi connectivity index (χ4v) is 3.43. The van der Waals surface area contributed by atoms with Crippen LogP contribution >= 0.6 is 0 Å². The first-order chi connectivity index (χ1) is 13.7. The topological polar surface area (TPSA) is 65.9 Å². The SMILES string of the molecule is O=C(CCc1ccccc1)NNC(=O)CC[NH+]1CCN(c2ccccc2)CC1. The number of aryl methyl sites for hydroxylation is 1. The first kappa shape index (κ1) is 19.9. The van der Waals surface area contributed by atoms with Crippen LogP contribution in [0.25, 0.3) is 0 Å². The molecule has 0 bridgehead atoms. The van der Waals surface area contributed by atoms with Crippen LogP contribution in [0.5, 0.6) is 0 Å². The molecule has 0 saturated carbocycles. The first-order valence-electron chi connectivity index (χ1n) is 9.96. The number of piperazine rings is 1. The molecule has 2 aromatic carbocycles. The summed E-state index contributed by atoms with van der Waals surface area (Å²) in [6, 6.07) is 20.3. The third-order valence-corrected chi connectivity index (χ3v) is 5.12. The second kappa shape index (κ2) is 10.5. The zero-order chi connectivity index (χ0) is 19.6. The summed E-state index contributed by atoms with van der Waals surface area (Å²) < 4.78 is 0. The molecule has 3 rings (SSSR count). The van der Waals surface area contributed by atoms with E-state index >= 15 is 0 Å². The molecule has 1 heterocycles. The van der Waals surface area contributed by atoms with Crippen molar-refractivity contribution in [1.29, 1.82) is 0 Å². The largest absolute Gasteiger partial charge is 0.360 e. The molecule has 1 aliphatic rings. The zero-order valence-electron chi connectivity index (χ0n) is 16.2. The average molecular weight is 382 g/mol. The van der Waals surface area contributed by atoms with Crippen LogP contribution in [-0.2, 0) is 16.0 Å². The highest BCUT2D eigenvalue weighted by molar-refractivity contribution is 5.82. The summed E-state index contributed by atoms with van der Waals surface area (Å²) in [4.78, 5) is 27.7. The molecule has 3 N–H and O–H groups in total. The summed E-state index contributed by atoms with van der Waals surface area (Å²) in [5, 5.41) is 0. The zero-order valence-corrected chi connectivity index (χ0v) is 16.2. The highest BCUT2D eigenvalue weighted by Gasteiger charge is 2.20. The van der Waals surface area contributed by atoms with Crippen molar-refractivity contribution in [1.82, 2.24) is 10.9 Å². The maximum atomic E-state index is 12.0. The van der Waals surface area contributed by atoms with Gasteiger partial charge in [-0.2, -0.15) is 0 Å². The van der Waals surface area contributed by atoms with Gasteiger partial charge in [-0.3, -0.25) is 20.4 Å².